The average Bonchev–Trinajstić information content (AvgIpc) is 2.71. The summed E-state index contributed by atoms with van der Waals surface area (Å²) in [6.45, 7) is 1.53. The maximum Gasteiger partial charge on any atom is 0.335 e. The van der Waals surface area contributed by atoms with Crippen LogP contribution in [-0.4, -0.2) is 36.6 Å². The summed E-state index contributed by atoms with van der Waals surface area (Å²) in [5.74, 6) is 0.0615. The quantitative estimate of drug-likeness (QED) is 0.909. The van der Waals surface area contributed by atoms with Crippen molar-refractivity contribution in [3.63, 3.8) is 0 Å². The molecule has 0 bridgehead atoms. The lowest BCUT2D eigenvalue weighted by Crippen LogP contribution is -2.14. The number of hydrogen-bond acceptors (Lipinski definition) is 3. The molecule has 1 heterocycles. The summed E-state index contributed by atoms with van der Waals surface area (Å²) >= 11 is 0. The molecular weight excluding hydrogens is 302 g/mol. The number of nitrogens with zero attached hydrogens (tertiary/aromatic N) is 1. The predicted molar refractivity (Wildman–Crippen MR) is 93.8 cm³/mol. The van der Waals surface area contributed by atoms with Gasteiger partial charge in [-0.25, -0.2) is 4.79 Å². The molecule has 1 atom stereocenters. The SMILES string of the molecule is CN(C)CCCC1c2ccccc2COc2ccc(C(=O)O)cc21. The minimum Gasteiger partial charge on any atom is -0.489 e. The first-order valence-electron chi connectivity index (χ1n) is 8.29. The third-order valence-corrected chi connectivity index (χ3v) is 4.54. The summed E-state index contributed by atoms with van der Waals surface area (Å²) in [5, 5.41) is 9.34. The largest absolute Gasteiger partial charge is 0.489 e. The highest BCUT2D eigenvalue weighted by Crippen LogP contribution is 2.40. The molecule has 4 nitrogen and oxygen atoms in total. The molecule has 2 aromatic carbocycles. The van der Waals surface area contributed by atoms with E-state index < -0.39 is 5.97 Å². The Morgan fingerprint density at radius 3 is 2.75 bits per heavy atom. The molecule has 0 spiro atoms. The molecule has 0 saturated heterocycles. The molecular formula is C20H23NO3. The Kier molecular flexibility index (Phi) is 4.86. The van der Waals surface area contributed by atoms with Crippen molar-refractivity contribution >= 4 is 5.97 Å². The van der Waals surface area contributed by atoms with Crippen LogP contribution in [0.1, 0.15) is 45.8 Å². The molecule has 24 heavy (non-hydrogen) atoms. The molecule has 0 fully saturated rings. The molecule has 0 radical (unpaired) electrons. The lowest BCUT2D eigenvalue weighted by Gasteiger charge is -2.20. The van der Waals surface area contributed by atoms with Crippen LogP contribution in [-0.2, 0) is 6.61 Å². The zero-order valence-corrected chi connectivity index (χ0v) is 14.2. The van der Waals surface area contributed by atoms with Gasteiger partial charge < -0.3 is 14.7 Å². The van der Waals surface area contributed by atoms with Gasteiger partial charge in [0.1, 0.15) is 12.4 Å². The minimum absolute atomic E-state index is 0.165. The number of benzene rings is 2. The molecule has 2 aromatic rings. The molecule has 126 valence electrons. The Balaban J connectivity index is 2.02. The lowest BCUT2D eigenvalue weighted by molar-refractivity contribution is 0.0696. The van der Waals surface area contributed by atoms with Gasteiger partial charge in [0.25, 0.3) is 0 Å². The van der Waals surface area contributed by atoms with Gasteiger partial charge in [0.15, 0.2) is 0 Å². The highest BCUT2D eigenvalue weighted by atomic mass is 16.5. The standard InChI is InChI=1S/C20H23NO3/c1-21(2)11-5-8-17-16-7-4-3-6-15(16)13-24-19-10-9-14(20(22)23)12-18(17)19/h3-4,6-7,9-10,12,17H,5,8,11,13H2,1-2H3,(H,22,23). The van der Waals surface area contributed by atoms with E-state index in [2.05, 4.69) is 31.1 Å². The van der Waals surface area contributed by atoms with Crippen molar-refractivity contribution in [1.82, 2.24) is 4.90 Å². The smallest absolute Gasteiger partial charge is 0.335 e. The molecule has 1 aliphatic rings. The van der Waals surface area contributed by atoms with Crippen LogP contribution in [0.2, 0.25) is 0 Å². The Bertz CT molecular complexity index is 739. The van der Waals surface area contributed by atoms with Crippen LogP contribution in [0.4, 0.5) is 0 Å². The number of carbonyl (C=O) groups is 1. The molecule has 3 rings (SSSR count). The third-order valence-electron chi connectivity index (χ3n) is 4.54. The monoisotopic (exact) mass is 325 g/mol. The van der Waals surface area contributed by atoms with E-state index in [9.17, 15) is 9.90 Å². The van der Waals surface area contributed by atoms with Crippen LogP contribution in [0.15, 0.2) is 42.5 Å². The summed E-state index contributed by atoms with van der Waals surface area (Å²) in [5.41, 5.74) is 3.73. The first-order valence-corrected chi connectivity index (χ1v) is 8.29. The van der Waals surface area contributed by atoms with E-state index in [1.807, 2.05) is 12.1 Å². The van der Waals surface area contributed by atoms with E-state index in [1.165, 1.54) is 11.1 Å². The summed E-state index contributed by atoms with van der Waals surface area (Å²) in [7, 11) is 4.14. The fourth-order valence-electron chi connectivity index (χ4n) is 3.34. The Morgan fingerprint density at radius 1 is 1.21 bits per heavy atom. The molecule has 1 N–H and O–H groups in total. The summed E-state index contributed by atoms with van der Waals surface area (Å²) in [6, 6.07) is 13.5. The van der Waals surface area contributed by atoms with E-state index in [-0.39, 0.29) is 5.92 Å². The third kappa shape index (κ3) is 3.44. The van der Waals surface area contributed by atoms with Crippen LogP contribution < -0.4 is 4.74 Å². The normalized spacial score (nSPS) is 16.0. The van der Waals surface area contributed by atoms with Gasteiger partial charge in [0.2, 0.25) is 0 Å². The Labute approximate surface area is 142 Å². The van der Waals surface area contributed by atoms with Gasteiger partial charge in [-0.05, 0) is 62.8 Å². The second-order valence-electron chi connectivity index (χ2n) is 6.54. The first-order chi connectivity index (χ1) is 11.6. The van der Waals surface area contributed by atoms with Crippen molar-refractivity contribution in [1.29, 1.82) is 0 Å². The van der Waals surface area contributed by atoms with E-state index >= 15 is 0 Å². The number of fused-ring (bicyclic) bond motifs is 2. The average molecular weight is 325 g/mol. The fourth-order valence-corrected chi connectivity index (χ4v) is 3.34. The molecule has 4 heteroatoms. The number of aromatic carboxylic acids is 1. The van der Waals surface area contributed by atoms with Crippen molar-refractivity contribution in [2.24, 2.45) is 0 Å². The zero-order chi connectivity index (χ0) is 17.1. The van der Waals surface area contributed by atoms with Crippen molar-refractivity contribution in [3.05, 3.63) is 64.7 Å². The highest BCUT2D eigenvalue weighted by Gasteiger charge is 2.25. The van der Waals surface area contributed by atoms with E-state index in [0.29, 0.717) is 12.2 Å². The number of hydrogen-bond donors (Lipinski definition) is 1. The fraction of sp³-hybridized carbons (Fsp3) is 0.350. The summed E-state index contributed by atoms with van der Waals surface area (Å²) in [6.07, 6.45) is 2.01. The zero-order valence-electron chi connectivity index (χ0n) is 14.2. The van der Waals surface area contributed by atoms with Gasteiger partial charge in [-0.2, -0.15) is 0 Å². The maximum absolute atomic E-state index is 11.4. The van der Waals surface area contributed by atoms with Crippen molar-refractivity contribution in [2.45, 2.75) is 25.4 Å². The predicted octanol–water partition coefficient (Wildman–Crippen LogP) is 3.75. The van der Waals surface area contributed by atoms with Gasteiger partial charge in [-0.3, -0.25) is 0 Å². The molecule has 0 aromatic heterocycles. The van der Waals surface area contributed by atoms with Crippen LogP contribution in [0.3, 0.4) is 0 Å². The summed E-state index contributed by atoms with van der Waals surface area (Å²) in [4.78, 5) is 13.6. The second-order valence-corrected chi connectivity index (χ2v) is 6.54. The van der Waals surface area contributed by atoms with E-state index in [0.717, 1.165) is 30.7 Å². The lowest BCUT2D eigenvalue weighted by atomic mass is 9.84. The molecule has 0 aliphatic carbocycles. The van der Waals surface area contributed by atoms with E-state index in [1.54, 1.807) is 18.2 Å². The maximum atomic E-state index is 11.4. The first kappa shape index (κ1) is 16.5. The van der Waals surface area contributed by atoms with E-state index in [4.69, 9.17) is 4.74 Å². The van der Waals surface area contributed by atoms with Gasteiger partial charge in [0, 0.05) is 11.5 Å². The van der Waals surface area contributed by atoms with Crippen molar-refractivity contribution < 1.29 is 14.6 Å². The Hall–Kier alpha value is -2.33. The molecule has 1 unspecified atom stereocenters. The minimum atomic E-state index is -0.901. The number of ether oxygens (including phenoxy) is 1. The molecule has 1 aliphatic heterocycles. The van der Waals surface area contributed by atoms with Gasteiger partial charge >= 0.3 is 5.97 Å². The second kappa shape index (κ2) is 7.05. The van der Waals surface area contributed by atoms with Crippen molar-refractivity contribution in [2.75, 3.05) is 20.6 Å². The molecule has 0 amide bonds. The van der Waals surface area contributed by atoms with Crippen molar-refractivity contribution in [3.8, 4) is 5.75 Å². The number of carboxylic acid groups (broad SMARTS) is 1. The van der Waals surface area contributed by atoms with Gasteiger partial charge in [0.05, 0.1) is 5.56 Å². The van der Waals surface area contributed by atoms with Gasteiger partial charge in [-0.1, -0.05) is 24.3 Å². The number of rotatable bonds is 5. The highest BCUT2D eigenvalue weighted by molar-refractivity contribution is 5.88. The van der Waals surface area contributed by atoms with Crippen LogP contribution in [0, 0.1) is 0 Å². The number of carboxylic acids is 1. The Morgan fingerprint density at radius 2 is 2.00 bits per heavy atom. The molecule has 0 saturated carbocycles. The summed E-state index contributed by atoms with van der Waals surface area (Å²) < 4.78 is 5.96. The van der Waals surface area contributed by atoms with Crippen LogP contribution in [0.5, 0.6) is 5.75 Å². The topological polar surface area (TPSA) is 49.8 Å². The van der Waals surface area contributed by atoms with Crippen LogP contribution in [0.25, 0.3) is 0 Å². The van der Waals surface area contributed by atoms with Gasteiger partial charge in [-0.15, -0.1) is 0 Å². The van der Waals surface area contributed by atoms with Crippen LogP contribution >= 0.6 is 0 Å².